The van der Waals surface area contributed by atoms with Crippen molar-refractivity contribution in [1.29, 1.82) is 0 Å². The lowest BCUT2D eigenvalue weighted by Crippen LogP contribution is -2.24. The first-order valence-corrected chi connectivity index (χ1v) is 11.4. The first kappa shape index (κ1) is 19.9. The second-order valence-electron chi connectivity index (χ2n) is 7.62. The van der Waals surface area contributed by atoms with Gasteiger partial charge in [-0.25, -0.2) is 0 Å². The molecule has 0 aliphatic carbocycles. The zero-order valence-corrected chi connectivity index (χ0v) is 18.5. The average molecular weight is 425 g/mol. The van der Waals surface area contributed by atoms with Crippen molar-refractivity contribution in [2.24, 2.45) is 0 Å². The van der Waals surface area contributed by atoms with Gasteiger partial charge in [0.15, 0.2) is 10.9 Å². The Morgan fingerprint density at radius 1 is 1.24 bits per heavy atom. The van der Waals surface area contributed by atoms with Gasteiger partial charge in [-0.05, 0) is 29.5 Å². The van der Waals surface area contributed by atoms with Gasteiger partial charge in [-0.3, -0.25) is 4.79 Å². The Kier molecular flexibility index (Phi) is 5.61. The van der Waals surface area contributed by atoms with Crippen LogP contribution in [0.2, 0.25) is 0 Å². The molecule has 0 N–H and O–H groups in total. The van der Waals surface area contributed by atoms with Gasteiger partial charge in [0.05, 0.1) is 5.75 Å². The minimum atomic E-state index is -0.188. The zero-order chi connectivity index (χ0) is 20.4. The minimum absolute atomic E-state index is 0.0885. The monoisotopic (exact) mass is 424 g/mol. The number of thioether (sulfide) groups is 1. The van der Waals surface area contributed by atoms with Crippen molar-refractivity contribution in [2.45, 2.75) is 37.4 Å². The molecule has 5 nitrogen and oxygen atoms in total. The Morgan fingerprint density at radius 2 is 2.07 bits per heavy atom. The molecule has 150 valence electrons. The summed E-state index contributed by atoms with van der Waals surface area (Å²) >= 11 is 3.20. The summed E-state index contributed by atoms with van der Waals surface area (Å²) in [4.78, 5) is 16.2. The molecule has 4 rings (SSSR count). The number of thiophene rings is 1. The van der Waals surface area contributed by atoms with E-state index < -0.39 is 0 Å². The summed E-state index contributed by atoms with van der Waals surface area (Å²) in [5, 5.41) is 11.1. The maximum atomic E-state index is 12.8. The number of hydrogen-bond donors (Lipinski definition) is 0. The largest absolute Gasteiger partial charge is 0.347 e. The van der Waals surface area contributed by atoms with Gasteiger partial charge >= 0.3 is 0 Å². The van der Waals surface area contributed by atoms with E-state index in [1.165, 1.54) is 22.2 Å². The molecule has 0 amide bonds. The van der Waals surface area contributed by atoms with E-state index in [1.54, 1.807) is 23.7 Å². The number of fused-ring (bicyclic) bond motifs is 1. The number of aryl methyl sites for hydroxylation is 2. The molecule has 1 aliphatic heterocycles. The molecule has 0 atom stereocenters. The number of likely N-dealkylation sites (N-methyl/N-ethyl adjacent to an activating group) is 1. The molecule has 0 saturated heterocycles. The van der Waals surface area contributed by atoms with Gasteiger partial charge in [0.1, 0.15) is 6.33 Å². The van der Waals surface area contributed by atoms with Crippen LogP contribution in [0.25, 0.3) is 0 Å². The van der Waals surface area contributed by atoms with Crippen LogP contribution in [0.5, 0.6) is 0 Å². The van der Waals surface area contributed by atoms with Gasteiger partial charge in [0.25, 0.3) is 0 Å². The van der Waals surface area contributed by atoms with E-state index in [1.807, 2.05) is 17.7 Å². The minimum Gasteiger partial charge on any atom is -0.347 e. The van der Waals surface area contributed by atoms with Gasteiger partial charge in [-0.1, -0.05) is 49.9 Å². The smallest absolute Gasteiger partial charge is 0.191 e. The summed E-state index contributed by atoms with van der Waals surface area (Å²) < 4.78 is 2.02. The van der Waals surface area contributed by atoms with E-state index >= 15 is 0 Å². The van der Waals surface area contributed by atoms with Crippen LogP contribution >= 0.6 is 23.1 Å². The lowest BCUT2D eigenvalue weighted by atomic mass is 9.83. The first-order valence-electron chi connectivity index (χ1n) is 9.58. The molecule has 1 aromatic carbocycles. The number of para-hydroxylation sites is 1. The van der Waals surface area contributed by atoms with Crippen molar-refractivity contribution in [2.75, 3.05) is 17.7 Å². The summed E-state index contributed by atoms with van der Waals surface area (Å²) in [5.74, 6) is 0.437. The third-order valence-electron chi connectivity index (χ3n) is 5.34. The van der Waals surface area contributed by atoms with Crippen LogP contribution in [0, 0.1) is 0 Å². The molecular formula is C22H24N4OS2. The fourth-order valence-electron chi connectivity index (χ4n) is 3.78. The summed E-state index contributed by atoms with van der Waals surface area (Å²) in [6, 6.07) is 12.5. The molecule has 1 aliphatic rings. The topological polar surface area (TPSA) is 51.0 Å². The van der Waals surface area contributed by atoms with E-state index in [9.17, 15) is 4.79 Å². The Balaban J connectivity index is 1.42. The fraction of sp³-hybridized carbons (Fsp3) is 0.318. The van der Waals surface area contributed by atoms with Gasteiger partial charge in [0.2, 0.25) is 0 Å². The van der Waals surface area contributed by atoms with Gasteiger partial charge in [-0.15, -0.1) is 21.5 Å². The number of rotatable bonds is 7. The Morgan fingerprint density at radius 3 is 2.83 bits per heavy atom. The normalized spacial score (nSPS) is 16.4. The van der Waals surface area contributed by atoms with Crippen LogP contribution < -0.4 is 4.90 Å². The molecular weight excluding hydrogens is 400 g/mol. The van der Waals surface area contributed by atoms with Crippen LogP contribution in [0.15, 0.2) is 65.0 Å². The number of anilines is 1. The predicted octanol–water partition coefficient (Wildman–Crippen LogP) is 4.56. The fourth-order valence-corrected chi connectivity index (χ4v) is 5.25. The van der Waals surface area contributed by atoms with Crippen LogP contribution in [0.4, 0.5) is 5.69 Å². The molecule has 2 aromatic heterocycles. The van der Waals surface area contributed by atoms with E-state index in [4.69, 9.17) is 0 Å². The van der Waals surface area contributed by atoms with E-state index in [0.29, 0.717) is 5.75 Å². The highest BCUT2D eigenvalue weighted by atomic mass is 32.2. The summed E-state index contributed by atoms with van der Waals surface area (Å²) in [6.07, 6.45) is 4.47. The van der Waals surface area contributed by atoms with Crippen LogP contribution in [0.1, 0.15) is 24.3 Å². The first-order chi connectivity index (χ1) is 14.0. The molecule has 0 fully saturated rings. The predicted molar refractivity (Wildman–Crippen MR) is 120 cm³/mol. The van der Waals surface area contributed by atoms with Gasteiger partial charge in [-0.2, -0.15) is 0 Å². The molecule has 0 bridgehead atoms. The van der Waals surface area contributed by atoms with Gasteiger partial charge < -0.3 is 9.47 Å². The number of nitrogens with zero attached hydrogens (tertiary/aromatic N) is 4. The van der Waals surface area contributed by atoms with Crippen LogP contribution in [-0.2, 0) is 23.2 Å². The SMILES string of the molecule is CN1/C(=C\C(=O)CSc2nncn2CCc2cccs2)C(C)(C)c2ccccc21. The van der Waals surface area contributed by atoms with Crippen LogP contribution in [0.3, 0.4) is 0 Å². The number of carbonyl (C=O) groups excluding carboxylic acids is 1. The van der Waals surface area contributed by atoms with E-state index in [2.05, 4.69) is 64.7 Å². The molecule has 0 spiro atoms. The lowest BCUT2D eigenvalue weighted by molar-refractivity contribution is -0.112. The molecule has 3 heterocycles. The average Bonchev–Trinajstić information content (AvgIpc) is 3.42. The zero-order valence-electron chi connectivity index (χ0n) is 16.8. The quantitative estimate of drug-likeness (QED) is 0.411. The Bertz CT molecular complexity index is 1040. The van der Waals surface area contributed by atoms with Crippen molar-refractivity contribution < 1.29 is 4.79 Å². The summed E-state index contributed by atoms with van der Waals surface area (Å²) in [5.41, 5.74) is 3.26. The Hall–Kier alpha value is -2.38. The lowest BCUT2D eigenvalue weighted by Gasteiger charge is -2.23. The highest BCUT2D eigenvalue weighted by Gasteiger charge is 2.38. The van der Waals surface area contributed by atoms with Crippen molar-refractivity contribution >= 4 is 34.6 Å². The molecule has 0 saturated carbocycles. The number of hydrogen-bond acceptors (Lipinski definition) is 6. The number of carbonyl (C=O) groups is 1. The van der Waals surface area contributed by atoms with Gasteiger partial charge in [0, 0.05) is 41.3 Å². The van der Waals surface area contributed by atoms with E-state index in [-0.39, 0.29) is 11.2 Å². The Labute approximate surface area is 179 Å². The standard InChI is InChI=1S/C22H24N4OS2/c1-22(2)18-8-4-5-9-19(18)25(3)20(22)13-16(27)14-29-21-24-23-15-26(21)11-10-17-7-6-12-28-17/h4-9,12-13,15H,10-11,14H2,1-3H3/b20-13-. The van der Waals surface area contributed by atoms with Crippen molar-refractivity contribution in [3.05, 3.63) is 70.3 Å². The second-order valence-corrected chi connectivity index (χ2v) is 9.60. The molecule has 29 heavy (non-hydrogen) atoms. The number of allylic oxidation sites excluding steroid dienone is 2. The maximum Gasteiger partial charge on any atom is 0.191 e. The third-order valence-corrected chi connectivity index (χ3v) is 7.28. The highest BCUT2D eigenvalue weighted by molar-refractivity contribution is 7.99. The molecule has 3 aromatic rings. The number of ketones is 1. The second kappa shape index (κ2) is 8.16. The van der Waals surface area contributed by atoms with Crippen molar-refractivity contribution in [1.82, 2.24) is 14.8 Å². The van der Waals surface area contributed by atoms with Crippen molar-refractivity contribution in [3.8, 4) is 0 Å². The molecule has 7 heteroatoms. The highest BCUT2D eigenvalue weighted by Crippen LogP contribution is 2.46. The molecule has 0 radical (unpaired) electrons. The third kappa shape index (κ3) is 4.02. The summed E-state index contributed by atoms with van der Waals surface area (Å²) in [6.45, 7) is 5.15. The van der Waals surface area contributed by atoms with Crippen LogP contribution in [-0.4, -0.2) is 33.3 Å². The van der Waals surface area contributed by atoms with E-state index in [0.717, 1.165) is 29.5 Å². The summed E-state index contributed by atoms with van der Waals surface area (Å²) in [7, 11) is 2.03. The van der Waals surface area contributed by atoms with Crippen molar-refractivity contribution in [3.63, 3.8) is 0 Å². The number of benzene rings is 1. The molecule has 0 unspecified atom stereocenters. The number of aromatic nitrogens is 3. The maximum absolute atomic E-state index is 12.8.